The Morgan fingerprint density at radius 3 is 1.73 bits per heavy atom. The van der Waals surface area contributed by atoms with Gasteiger partial charge in [0.2, 0.25) is 5.82 Å². The van der Waals surface area contributed by atoms with E-state index in [1.54, 1.807) is 6.20 Å². The molecule has 0 spiro atoms. The van der Waals surface area contributed by atoms with Gasteiger partial charge in [-0.05, 0) is 42.5 Å². The molecule has 150 valence electrons. The quantitative estimate of drug-likeness (QED) is 0.313. The lowest BCUT2D eigenvalue weighted by Gasteiger charge is -2.06. The van der Waals surface area contributed by atoms with Crippen molar-refractivity contribution in [1.29, 1.82) is 0 Å². The number of rotatable bonds is 5. The third kappa shape index (κ3) is 5.77. The van der Waals surface area contributed by atoms with Crippen LogP contribution in [0.4, 0.5) is 34.4 Å². The SMILES string of the molecule is Nc1cccnc1Nc1ccccc1.O=[N+]([O-])c1cccnc1Nc1ccccc1. The molecule has 0 saturated heterocycles. The third-order valence-electron chi connectivity index (χ3n) is 3.90. The van der Waals surface area contributed by atoms with Crippen molar-refractivity contribution in [2.75, 3.05) is 16.4 Å². The zero-order valence-electron chi connectivity index (χ0n) is 16.0. The maximum atomic E-state index is 10.7. The van der Waals surface area contributed by atoms with Crippen molar-refractivity contribution in [1.82, 2.24) is 9.97 Å². The van der Waals surface area contributed by atoms with Crippen molar-refractivity contribution in [3.05, 3.63) is 107 Å². The molecule has 4 rings (SSSR count). The van der Waals surface area contributed by atoms with Crippen molar-refractivity contribution in [2.24, 2.45) is 0 Å². The number of aromatic nitrogens is 2. The zero-order chi connectivity index (χ0) is 21.2. The van der Waals surface area contributed by atoms with Crippen molar-refractivity contribution >= 4 is 34.4 Å². The topological polar surface area (TPSA) is 119 Å². The Labute approximate surface area is 173 Å². The number of nitrogens with one attached hydrogen (secondary N) is 2. The van der Waals surface area contributed by atoms with Gasteiger partial charge in [-0.1, -0.05) is 36.4 Å². The molecule has 0 unspecified atom stereocenters. The summed E-state index contributed by atoms with van der Waals surface area (Å²) in [5.74, 6) is 0.942. The van der Waals surface area contributed by atoms with Crippen LogP contribution in [0.25, 0.3) is 0 Å². The van der Waals surface area contributed by atoms with Crippen LogP contribution in [-0.2, 0) is 0 Å². The first kappa shape index (κ1) is 20.3. The van der Waals surface area contributed by atoms with Gasteiger partial charge >= 0.3 is 5.69 Å². The Hall–Kier alpha value is -4.46. The monoisotopic (exact) mass is 400 g/mol. The molecule has 4 N–H and O–H groups in total. The van der Waals surface area contributed by atoms with Gasteiger partial charge in [0, 0.05) is 29.8 Å². The van der Waals surface area contributed by atoms with Crippen LogP contribution in [0.15, 0.2) is 97.3 Å². The maximum absolute atomic E-state index is 10.7. The molecule has 0 fully saturated rings. The predicted octanol–water partition coefficient (Wildman–Crippen LogP) is 5.14. The molecule has 0 radical (unpaired) electrons. The molecule has 2 heterocycles. The average molecular weight is 400 g/mol. The fourth-order valence-electron chi connectivity index (χ4n) is 2.48. The molecule has 0 amide bonds. The Balaban J connectivity index is 0.000000172. The first-order valence-electron chi connectivity index (χ1n) is 9.07. The molecule has 0 saturated carbocycles. The highest BCUT2D eigenvalue weighted by Crippen LogP contribution is 2.24. The lowest BCUT2D eigenvalue weighted by atomic mass is 10.3. The molecular weight excluding hydrogens is 380 g/mol. The highest BCUT2D eigenvalue weighted by Gasteiger charge is 2.13. The highest BCUT2D eigenvalue weighted by atomic mass is 16.6. The van der Waals surface area contributed by atoms with E-state index in [1.165, 1.54) is 18.3 Å². The summed E-state index contributed by atoms with van der Waals surface area (Å²) >= 11 is 0. The van der Waals surface area contributed by atoms with Crippen LogP contribution in [0.1, 0.15) is 0 Å². The van der Waals surface area contributed by atoms with Gasteiger partial charge in [-0.2, -0.15) is 0 Å². The molecular formula is C22H20N6O2. The van der Waals surface area contributed by atoms with Gasteiger partial charge in [0.25, 0.3) is 0 Å². The summed E-state index contributed by atoms with van der Waals surface area (Å²) in [5, 5.41) is 16.8. The van der Waals surface area contributed by atoms with Crippen molar-refractivity contribution < 1.29 is 4.92 Å². The molecule has 8 nitrogen and oxygen atoms in total. The van der Waals surface area contributed by atoms with Crippen LogP contribution in [0.5, 0.6) is 0 Å². The molecule has 0 aliphatic heterocycles. The first-order chi connectivity index (χ1) is 14.6. The fraction of sp³-hybridized carbons (Fsp3) is 0. The van der Waals surface area contributed by atoms with E-state index in [0.717, 1.165) is 11.4 Å². The minimum atomic E-state index is -0.460. The van der Waals surface area contributed by atoms with Gasteiger partial charge in [-0.3, -0.25) is 10.1 Å². The van der Waals surface area contributed by atoms with E-state index in [2.05, 4.69) is 20.6 Å². The number of nitrogens with zero attached hydrogens (tertiary/aromatic N) is 3. The van der Waals surface area contributed by atoms with Crippen LogP contribution in [0, 0.1) is 10.1 Å². The normalized spacial score (nSPS) is 9.73. The summed E-state index contributed by atoms with van der Waals surface area (Å²) in [7, 11) is 0. The molecule has 4 aromatic rings. The van der Waals surface area contributed by atoms with Crippen molar-refractivity contribution in [3.8, 4) is 0 Å². The van der Waals surface area contributed by atoms with Gasteiger partial charge in [0.1, 0.15) is 0 Å². The van der Waals surface area contributed by atoms with E-state index in [9.17, 15) is 10.1 Å². The van der Waals surface area contributed by atoms with Gasteiger partial charge < -0.3 is 16.4 Å². The second kappa shape index (κ2) is 10.2. The molecule has 2 aromatic carbocycles. The second-order valence-electron chi connectivity index (χ2n) is 6.05. The smallest absolute Gasteiger partial charge is 0.311 e. The van der Waals surface area contributed by atoms with Crippen molar-refractivity contribution in [3.63, 3.8) is 0 Å². The number of nitrogen functional groups attached to an aromatic ring is 1. The van der Waals surface area contributed by atoms with Gasteiger partial charge in [0.15, 0.2) is 5.82 Å². The molecule has 8 heteroatoms. The molecule has 30 heavy (non-hydrogen) atoms. The number of para-hydroxylation sites is 2. The number of hydrogen-bond donors (Lipinski definition) is 3. The minimum absolute atomic E-state index is 0.0358. The highest BCUT2D eigenvalue weighted by molar-refractivity contribution is 5.68. The van der Waals surface area contributed by atoms with Crippen LogP contribution in [-0.4, -0.2) is 14.9 Å². The molecule has 0 aliphatic rings. The lowest BCUT2D eigenvalue weighted by molar-refractivity contribution is -0.384. The third-order valence-corrected chi connectivity index (χ3v) is 3.90. The summed E-state index contributed by atoms with van der Waals surface area (Å²) in [4.78, 5) is 18.4. The number of benzene rings is 2. The van der Waals surface area contributed by atoms with E-state index in [1.807, 2.05) is 72.8 Å². The summed E-state index contributed by atoms with van der Waals surface area (Å²) < 4.78 is 0. The van der Waals surface area contributed by atoms with E-state index >= 15 is 0 Å². The Morgan fingerprint density at radius 2 is 1.20 bits per heavy atom. The number of nitrogens with two attached hydrogens (primary N) is 1. The maximum Gasteiger partial charge on any atom is 0.311 e. The van der Waals surface area contributed by atoms with E-state index < -0.39 is 4.92 Å². The molecule has 0 aliphatic carbocycles. The Morgan fingerprint density at radius 1 is 0.700 bits per heavy atom. The van der Waals surface area contributed by atoms with Crippen LogP contribution in [0.3, 0.4) is 0 Å². The van der Waals surface area contributed by atoms with Crippen LogP contribution < -0.4 is 16.4 Å². The lowest BCUT2D eigenvalue weighted by Crippen LogP contribution is -1.98. The first-order valence-corrected chi connectivity index (χ1v) is 9.07. The molecule has 0 bridgehead atoms. The summed E-state index contributed by atoms with van der Waals surface area (Å²) in [5.41, 5.74) is 8.11. The summed E-state index contributed by atoms with van der Waals surface area (Å²) in [6, 6.07) is 25.6. The molecule has 0 atom stereocenters. The van der Waals surface area contributed by atoms with E-state index in [0.29, 0.717) is 11.5 Å². The Bertz CT molecular complexity index is 1090. The standard InChI is InChI=1S/C11H9N3O2.C11H11N3/c15-14(16)10-7-4-8-12-11(10)13-9-5-2-1-3-6-9;12-10-7-4-8-13-11(10)14-9-5-2-1-3-6-9/h1-8H,(H,12,13);1-8H,12H2,(H,13,14). The second-order valence-corrected chi connectivity index (χ2v) is 6.05. The van der Waals surface area contributed by atoms with E-state index in [4.69, 9.17) is 5.73 Å². The number of hydrogen-bond acceptors (Lipinski definition) is 7. The minimum Gasteiger partial charge on any atom is -0.396 e. The van der Waals surface area contributed by atoms with Crippen LogP contribution in [0.2, 0.25) is 0 Å². The zero-order valence-corrected chi connectivity index (χ0v) is 16.0. The fourth-order valence-corrected chi connectivity index (χ4v) is 2.48. The number of pyridine rings is 2. The largest absolute Gasteiger partial charge is 0.396 e. The Kier molecular flexibility index (Phi) is 6.88. The molecule has 2 aromatic heterocycles. The average Bonchev–Trinajstić information content (AvgIpc) is 2.78. The predicted molar refractivity (Wildman–Crippen MR) is 119 cm³/mol. The van der Waals surface area contributed by atoms with Gasteiger partial charge in [-0.25, -0.2) is 9.97 Å². The summed E-state index contributed by atoms with van der Waals surface area (Å²) in [6.07, 6.45) is 3.22. The number of nitro groups is 1. The van der Waals surface area contributed by atoms with E-state index in [-0.39, 0.29) is 11.5 Å². The number of anilines is 5. The summed E-state index contributed by atoms with van der Waals surface area (Å²) in [6.45, 7) is 0. The van der Waals surface area contributed by atoms with Crippen LogP contribution >= 0.6 is 0 Å². The van der Waals surface area contributed by atoms with Crippen molar-refractivity contribution in [2.45, 2.75) is 0 Å². The van der Waals surface area contributed by atoms with Gasteiger partial charge in [-0.15, -0.1) is 0 Å². The van der Waals surface area contributed by atoms with Gasteiger partial charge in [0.05, 0.1) is 10.6 Å².